The molecule has 0 saturated heterocycles. The maximum Gasteiger partial charge on any atom is 0.269 e. The fourth-order valence-electron chi connectivity index (χ4n) is 5.83. The van der Waals surface area contributed by atoms with E-state index in [4.69, 9.17) is 26.2 Å². The van der Waals surface area contributed by atoms with Crippen molar-refractivity contribution in [3.8, 4) is 16.9 Å². The van der Waals surface area contributed by atoms with Crippen molar-refractivity contribution in [2.24, 2.45) is 0 Å². The van der Waals surface area contributed by atoms with E-state index in [9.17, 15) is 25.2 Å². The number of nitrogens with zero attached hydrogens (tertiary/aromatic N) is 2. The zero-order valence-corrected chi connectivity index (χ0v) is 28.2. The van der Waals surface area contributed by atoms with Crippen LogP contribution >= 0.6 is 11.6 Å². The lowest BCUT2D eigenvalue weighted by atomic mass is 9.96. The van der Waals surface area contributed by atoms with E-state index in [1.54, 1.807) is 18.3 Å². The van der Waals surface area contributed by atoms with Crippen molar-refractivity contribution in [1.82, 2.24) is 15.3 Å². The smallest absolute Gasteiger partial charge is 0.269 e. The minimum Gasteiger partial charge on any atom is -0.490 e. The predicted octanol–water partition coefficient (Wildman–Crippen LogP) is 3.50. The van der Waals surface area contributed by atoms with Gasteiger partial charge in [0.2, 0.25) is 0 Å². The molecular formula is C38H42ClN3O8. The Labute approximate surface area is 295 Å². The molecule has 264 valence electrons. The zero-order chi connectivity index (χ0) is 35.3. The lowest BCUT2D eigenvalue weighted by molar-refractivity contribution is -0.113. The Morgan fingerprint density at radius 3 is 2.38 bits per heavy atom. The van der Waals surface area contributed by atoms with Crippen LogP contribution in [0.5, 0.6) is 5.75 Å². The lowest BCUT2D eigenvalue weighted by Crippen LogP contribution is -2.49. The number of aromatic nitrogens is 2. The number of ether oxygens (including phenoxy) is 2. The van der Waals surface area contributed by atoms with Crippen LogP contribution in [0.1, 0.15) is 58.4 Å². The Balaban J connectivity index is 1.04. The summed E-state index contributed by atoms with van der Waals surface area (Å²) in [6.07, 6.45) is 4.19. The molecule has 2 heterocycles. The predicted molar refractivity (Wildman–Crippen MR) is 186 cm³/mol. The highest BCUT2D eigenvalue weighted by atomic mass is 35.5. The number of pyridine rings is 2. The first-order chi connectivity index (χ1) is 24.2. The molecule has 2 aliphatic carbocycles. The SMILES string of the molecule is O=C(NC[C@H](O)[C@@H](O)[C@H](O)[C@H](O)CO)c1ccc(CCc2ccc(Cl)c(COC3(c4cnccc4-c4ccccc4OC4CC4)CC3)c2)cn1. The van der Waals surface area contributed by atoms with Gasteiger partial charge in [0.05, 0.1) is 31.0 Å². The van der Waals surface area contributed by atoms with E-state index in [1.807, 2.05) is 48.8 Å². The van der Waals surface area contributed by atoms with Crippen LogP contribution in [0.2, 0.25) is 5.02 Å². The molecule has 0 bridgehead atoms. The highest BCUT2D eigenvalue weighted by molar-refractivity contribution is 6.31. The van der Waals surface area contributed by atoms with E-state index < -0.39 is 49.1 Å². The fraction of sp³-hybridized carbons (Fsp3) is 0.395. The van der Waals surface area contributed by atoms with Crippen molar-refractivity contribution in [3.63, 3.8) is 0 Å². The van der Waals surface area contributed by atoms with Gasteiger partial charge >= 0.3 is 0 Å². The molecule has 50 heavy (non-hydrogen) atoms. The average molecular weight is 704 g/mol. The lowest BCUT2D eigenvalue weighted by Gasteiger charge is -2.25. The summed E-state index contributed by atoms with van der Waals surface area (Å²) >= 11 is 6.64. The van der Waals surface area contributed by atoms with Crippen molar-refractivity contribution >= 4 is 17.5 Å². The van der Waals surface area contributed by atoms with Crippen molar-refractivity contribution in [2.45, 2.75) is 81.3 Å². The number of amides is 1. The number of rotatable bonds is 17. The first-order valence-electron chi connectivity index (χ1n) is 16.9. The number of hydrogen-bond acceptors (Lipinski definition) is 10. The maximum atomic E-state index is 12.5. The summed E-state index contributed by atoms with van der Waals surface area (Å²) in [4.78, 5) is 21.2. The second kappa shape index (κ2) is 15.9. The van der Waals surface area contributed by atoms with Gasteiger partial charge < -0.3 is 40.3 Å². The third kappa shape index (κ3) is 8.67. The van der Waals surface area contributed by atoms with Crippen LogP contribution in [0, 0.1) is 0 Å². The number of halogens is 1. The molecule has 0 aliphatic heterocycles. The molecule has 1 amide bonds. The van der Waals surface area contributed by atoms with E-state index >= 15 is 0 Å². The Morgan fingerprint density at radius 2 is 1.66 bits per heavy atom. The maximum absolute atomic E-state index is 12.5. The van der Waals surface area contributed by atoms with Gasteiger partial charge in [0.1, 0.15) is 29.8 Å². The summed E-state index contributed by atoms with van der Waals surface area (Å²) in [5, 5.41) is 51.1. The van der Waals surface area contributed by atoms with Gasteiger partial charge in [-0.25, -0.2) is 0 Å². The fourth-order valence-corrected chi connectivity index (χ4v) is 6.00. The molecule has 0 spiro atoms. The molecule has 2 saturated carbocycles. The molecule has 6 rings (SSSR count). The normalized spacial score (nSPS) is 17.4. The summed E-state index contributed by atoms with van der Waals surface area (Å²) in [5.41, 5.74) is 5.71. The monoisotopic (exact) mass is 703 g/mol. The first-order valence-corrected chi connectivity index (χ1v) is 17.2. The molecular weight excluding hydrogens is 662 g/mol. The minimum absolute atomic E-state index is 0.113. The molecule has 11 nitrogen and oxygen atoms in total. The summed E-state index contributed by atoms with van der Waals surface area (Å²) < 4.78 is 12.9. The van der Waals surface area contributed by atoms with Crippen LogP contribution in [0.3, 0.4) is 0 Å². The van der Waals surface area contributed by atoms with Crippen LogP contribution in [0.15, 0.2) is 79.3 Å². The Morgan fingerprint density at radius 1 is 0.920 bits per heavy atom. The molecule has 2 aromatic carbocycles. The Hall–Kier alpha value is -3.94. The number of hydrogen-bond donors (Lipinski definition) is 6. The molecule has 6 N–H and O–H groups in total. The number of para-hydroxylation sites is 1. The highest BCUT2D eigenvalue weighted by Gasteiger charge is 2.48. The number of carbonyl (C=O) groups is 1. The molecule has 2 aromatic heterocycles. The summed E-state index contributed by atoms with van der Waals surface area (Å²) in [5.74, 6) is 0.303. The summed E-state index contributed by atoms with van der Waals surface area (Å²) in [6.45, 7) is -0.836. The van der Waals surface area contributed by atoms with Gasteiger partial charge in [0.25, 0.3) is 5.91 Å². The highest BCUT2D eigenvalue weighted by Crippen LogP contribution is 2.53. The zero-order valence-electron chi connectivity index (χ0n) is 27.5. The molecule has 0 unspecified atom stereocenters. The average Bonchev–Trinajstić information content (AvgIpc) is 4.10. The topological polar surface area (TPSA) is 174 Å². The number of aliphatic hydroxyl groups excluding tert-OH is 5. The van der Waals surface area contributed by atoms with Crippen LogP contribution in [-0.4, -0.2) is 85.1 Å². The number of carbonyl (C=O) groups excluding carboxylic acids is 1. The van der Waals surface area contributed by atoms with E-state index in [0.717, 1.165) is 64.8 Å². The standard InChI is InChI=1S/C38H42ClN3O8/c39-30-11-7-23(5-6-24-8-12-31(41-18-24)37(48)42-20-32(44)35(46)36(47)33(45)21-43)17-25(30)22-49-38(14-15-38)29-19-40-16-13-27(29)28-3-1-2-4-34(28)50-26-9-10-26/h1-4,7-8,11-13,16-19,26,32-33,35-36,43-47H,5-6,9-10,14-15,20-22H2,(H,42,48)/t32-,33+,35+,36+/m0/s1. The van der Waals surface area contributed by atoms with Crippen LogP contribution in [0.4, 0.5) is 0 Å². The van der Waals surface area contributed by atoms with E-state index in [0.29, 0.717) is 24.5 Å². The molecule has 0 radical (unpaired) electrons. The second-order valence-corrected chi connectivity index (χ2v) is 13.4. The largest absolute Gasteiger partial charge is 0.490 e. The molecule has 4 aromatic rings. The van der Waals surface area contributed by atoms with E-state index in [2.05, 4.69) is 27.4 Å². The van der Waals surface area contributed by atoms with Gasteiger partial charge in [-0.2, -0.15) is 0 Å². The molecule has 2 aliphatic rings. The van der Waals surface area contributed by atoms with Crippen molar-refractivity contribution in [1.29, 1.82) is 0 Å². The number of aliphatic hydroxyl groups is 5. The Bertz CT molecular complexity index is 1770. The number of benzene rings is 2. The van der Waals surface area contributed by atoms with Crippen LogP contribution < -0.4 is 10.1 Å². The quantitative estimate of drug-likeness (QED) is 0.0956. The summed E-state index contributed by atoms with van der Waals surface area (Å²) in [7, 11) is 0. The van der Waals surface area contributed by atoms with Crippen LogP contribution in [-0.2, 0) is 29.8 Å². The van der Waals surface area contributed by atoms with Crippen molar-refractivity contribution in [3.05, 3.63) is 112 Å². The Kier molecular flexibility index (Phi) is 11.4. The van der Waals surface area contributed by atoms with Gasteiger partial charge in [-0.15, -0.1) is 0 Å². The van der Waals surface area contributed by atoms with Crippen LogP contribution in [0.25, 0.3) is 11.1 Å². The number of nitrogens with one attached hydrogen (secondary N) is 1. The van der Waals surface area contributed by atoms with Crippen molar-refractivity contribution < 1.29 is 39.8 Å². The van der Waals surface area contributed by atoms with E-state index in [-0.39, 0.29) is 11.8 Å². The van der Waals surface area contributed by atoms with E-state index in [1.165, 1.54) is 0 Å². The second-order valence-electron chi connectivity index (χ2n) is 13.0. The third-order valence-corrected chi connectivity index (χ3v) is 9.55. The van der Waals surface area contributed by atoms with Gasteiger partial charge in [0, 0.05) is 41.3 Å². The molecule has 12 heteroatoms. The van der Waals surface area contributed by atoms with Crippen molar-refractivity contribution in [2.75, 3.05) is 13.2 Å². The van der Waals surface area contributed by atoms with Gasteiger partial charge in [0.15, 0.2) is 0 Å². The minimum atomic E-state index is -1.77. The molecule has 2 fully saturated rings. The van der Waals surface area contributed by atoms with Gasteiger partial charge in [-0.05, 0) is 85.0 Å². The number of aryl methyl sites for hydroxylation is 2. The van der Waals surface area contributed by atoms with Gasteiger partial charge in [-0.1, -0.05) is 48.0 Å². The third-order valence-electron chi connectivity index (χ3n) is 9.18. The molecule has 4 atom stereocenters. The summed E-state index contributed by atoms with van der Waals surface area (Å²) in [6, 6.07) is 19.5. The van der Waals surface area contributed by atoms with Gasteiger partial charge in [-0.3, -0.25) is 14.8 Å². The first kappa shape index (κ1) is 35.9.